The number of aromatic carboxylic acids is 1. The first-order chi connectivity index (χ1) is 7.61. The molecule has 0 amide bonds. The average Bonchev–Trinajstić information content (AvgIpc) is 2.64. The Balaban J connectivity index is 2.46. The van der Waals surface area contributed by atoms with Crippen molar-refractivity contribution in [3.05, 3.63) is 34.2 Å². The van der Waals surface area contributed by atoms with E-state index < -0.39 is 17.6 Å². The van der Waals surface area contributed by atoms with Crippen molar-refractivity contribution in [2.75, 3.05) is 0 Å². The lowest BCUT2D eigenvalue weighted by atomic mass is 10.2. The van der Waals surface area contributed by atoms with Crippen molar-refractivity contribution in [3.63, 3.8) is 0 Å². The van der Waals surface area contributed by atoms with Crippen molar-refractivity contribution in [3.8, 4) is 0 Å². The van der Waals surface area contributed by atoms with Crippen molar-refractivity contribution in [1.29, 1.82) is 0 Å². The van der Waals surface area contributed by atoms with E-state index in [0.29, 0.717) is 12.8 Å². The molecule has 5 heteroatoms. The van der Waals surface area contributed by atoms with Crippen LogP contribution in [0.15, 0.2) is 23.1 Å². The molecular weight excluding hydrogens is 210 g/mol. The molecule has 0 radical (unpaired) electrons. The van der Waals surface area contributed by atoms with Crippen LogP contribution < -0.4 is 5.56 Å². The molecule has 2 atom stereocenters. The molecule has 5 nitrogen and oxygen atoms in total. The van der Waals surface area contributed by atoms with Crippen molar-refractivity contribution in [2.24, 2.45) is 0 Å². The van der Waals surface area contributed by atoms with Crippen molar-refractivity contribution in [1.82, 2.24) is 4.57 Å². The lowest BCUT2D eigenvalue weighted by Gasteiger charge is -2.17. The van der Waals surface area contributed by atoms with Gasteiger partial charge in [0.1, 0.15) is 5.56 Å². The van der Waals surface area contributed by atoms with Gasteiger partial charge in [0.25, 0.3) is 5.56 Å². The number of aliphatic hydroxyl groups is 1. The fraction of sp³-hybridized carbons (Fsp3) is 0.455. The third-order valence-electron chi connectivity index (χ3n) is 3.01. The van der Waals surface area contributed by atoms with Crippen LogP contribution in [0, 0.1) is 0 Å². The Morgan fingerprint density at radius 2 is 2.19 bits per heavy atom. The molecule has 0 spiro atoms. The molecule has 0 bridgehead atoms. The number of hydrogen-bond donors (Lipinski definition) is 2. The van der Waals surface area contributed by atoms with Gasteiger partial charge in [-0.15, -0.1) is 0 Å². The molecule has 0 saturated heterocycles. The molecule has 1 heterocycles. The summed E-state index contributed by atoms with van der Waals surface area (Å²) in [5.74, 6) is -1.23. The predicted octanol–water partition coefficient (Wildman–Crippen LogP) is 0.632. The Morgan fingerprint density at radius 3 is 2.75 bits per heavy atom. The summed E-state index contributed by atoms with van der Waals surface area (Å²) >= 11 is 0. The first kappa shape index (κ1) is 10.9. The van der Waals surface area contributed by atoms with Gasteiger partial charge in [-0.2, -0.15) is 0 Å². The standard InChI is InChI=1S/C11H13NO4/c13-9-5-1-4-8(9)12-6-2-3-7(10(12)14)11(15)16/h2-3,6,8-9,13H,1,4-5H2,(H,15,16)/t8-,9+/m0/s1. The Hall–Kier alpha value is -1.62. The molecule has 1 aliphatic carbocycles. The monoisotopic (exact) mass is 223 g/mol. The molecule has 2 N–H and O–H groups in total. The van der Waals surface area contributed by atoms with Gasteiger partial charge in [-0.1, -0.05) is 0 Å². The van der Waals surface area contributed by atoms with Crippen LogP contribution in [0.2, 0.25) is 0 Å². The minimum atomic E-state index is -1.23. The van der Waals surface area contributed by atoms with Crippen LogP contribution in [0.3, 0.4) is 0 Å². The largest absolute Gasteiger partial charge is 0.477 e. The Morgan fingerprint density at radius 1 is 1.44 bits per heavy atom. The summed E-state index contributed by atoms with van der Waals surface area (Å²) in [6.07, 6.45) is 3.21. The van der Waals surface area contributed by atoms with Crippen LogP contribution >= 0.6 is 0 Å². The zero-order chi connectivity index (χ0) is 11.7. The van der Waals surface area contributed by atoms with Gasteiger partial charge in [-0.25, -0.2) is 4.79 Å². The van der Waals surface area contributed by atoms with E-state index in [0.717, 1.165) is 6.42 Å². The minimum absolute atomic E-state index is 0.249. The third kappa shape index (κ3) is 1.74. The third-order valence-corrected chi connectivity index (χ3v) is 3.01. The van der Waals surface area contributed by atoms with E-state index in [1.165, 1.54) is 22.9 Å². The molecule has 1 fully saturated rings. The maximum Gasteiger partial charge on any atom is 0.341 e. The molecule has 2 rings (SSSR count). The number of carboxylic acids is 1. The average molecular weight is 223 g/mol. The second kappa shape index (κ2) is 4.09. The van der Waals surface area contributed by atoms with E-state index in [-0.39, 0.29) is 11.6 Å². The lowest BCUT2D eigenvalue weighted by Crippen LogP contribution is -2.32. The van der Waals surface area contributed by atoms with Gasteiger partial charge in [-0.05, 0) is 31.4 Å². The summed E-state index contributed by atoms with van der Waals surface area (Å²) in [6, 6.07) is 2.52. The van der Waals surface area contributed by atoms with Crippen molar-refractivity contribution < 1.29 is 15.0 Å². The molecule has 1 aromatic heterocycles. The SMILES string of the molecule is O=C(O)c1cccn([C@H]2CCC[C@H]2O)c1=O. The van der Waals surface area contributed by atoms with Gasteiger partial charge in [0.2, 0.25) is 0 Å². The van der Waals surface area contributed by atoms with Gasteiger partial charge in [0, 0.05) is 6.20 Å². The molecule has 1 saturated carbocycles. The maximum absolute atomic E-state index is 11.8. The maximum atomic E-state index is 11.8. The van der Waals surface area contributed by atoms with E-state index in [9.17, 15) is 14.7 Å². The first-order valence-corrected chi connectivity index (χ1v) is 5.24. The second-order valence-corrected chi connectivity index (χ2v) is 4.01. The summed E-state index contributed by atoms with van der Waals surface area (Å²) in [4.78, 5) is 22.6. The van der Waals surface area contributed by atoms with E-state index in [4.69, 9.17) is 5.11 Å². The summed E-state index contributed by atoms with van der Waals surface area (Å²) < 4.78 is 1.33. The highest BCUT2D eigenvalue weighted by atomic mass is 16.4. The molecule has 1 aliphatic rings. The summed E-state index contributed by atoms with van der Waals surface area (Å²) in [5.41, 5.74) is -0.789. The van der Waals surface area contributed by atoms with Crippen LogP contribution in [-0.2, 0) is 0 Å². The van der Waals surface area contributed by atoms with Gasteiger partial charge in [0.05, 0.1) is 12.1 Å². The van der Waals surface area contributed by atoms with Crippen LogP contribution in [0.25, 0.3) is 0 Å². The predicted molar refractivity (Wildman–Crippen MR) is 56.6 cm³/mol. The summed E-state index contributed by atoms with van der Waals surface area (Å²) in [5, 5.41) is 18.5. The molecule has 86 valence electrons. The van der Waals surface area contributed by atoms with Gasteiger partial charge in [-0.3, -0.25) is 4.79 Å². The summed E-state index contributed by atoms with van der Waals surface area (Å²) in [6.45, 7) is 0. The number of rotatable bonds is 2. The van der Waals surface area contributed by atoms with Crippen LogP contribution in [0.1, 0.15) is 35.7 Å². The minimum Gasteiger partial charge on any atom is -0.477 e. The molecule has 0 aliphatic heterocycles. The molecule has 0 unspecified atom stereocenters. The highest BCUT2D eigenvalue weighted by Gasteiger charge is 2.28. The number of aromatic nitrogens is 1. The normalized spacial score (nSPS) is 24.6. The number of hydrogen-bond acceptors (Lipinski definition) is 3. The zero-order valence-corrected chi connectivity index (χ0v) is 8.67. The molecule has 0 aromatic carbocycles. The highest BCUT2D eigenvalue weighted by Crippen LogP contribution is 2.28. The Bertz CT molecular complexity index is 465. The van der Waals surface area contributed by atoms with E-state index in [1.54, 1.807) is 0 Å². The van der Waals surface area contributed by atoms with Crippen LogP contribution in [0.5, 0.6) is 0 Å². The zero-order valence-electron chi connectivity index (χ0n) is 8.67. The van der Waals surface area contributed by atoms with Gasteiger partial charge < -0.3 is 14.8 Å². The van der Waals surface area contributed by atoms with Crippen molar-refractivity contribution in [2.45, 2.75) is 31.4 Å². The summed E-state index contributed by atoms with van der Waals surface area (Å²) in [7, 11) is 0. The fourth-order valence-electron chi connectivity index (χ4n) is 2.18. The number of carboxylic acid groups (broad SMARTS) is 1. The molecular formula is C11H13NO4. The van der Waals surface area contributed by atoms with Gasteiger partial charge >= 0.3 is 5.97 Å². The Labute approximate surface area is 92.0 Å². The fourth-order valence-corrected chi connectivity index (χ4v) is 2.18. The van der Waals surface area contributed by atoms with E-state index in [2.05, 4.69) is 0 Å². The molecule has 16 heavy (non-hydrogen) atoms. The number of aliphatic hydroxyl groups excluding tert-OH is 1. The Kier molecular flexibility index (Phi) is 2.78. The molecule has 1 aromatic rings. The number of carbonyl (C=O) groups is 1. The highest BCUT2D eigenvalue weighted by molar-refractivity contribution is 5.86. The van der Waals surface area contributed by atoms with E-state index >= 15 is 0 Å². The quantitative estimate of drug-likeness (QED) is 0.770. The second-order valence-electron chi connectivity index (χ2n) is 4.01. The number of nitrogens with zero attached hydrogens (tertiary/aromatic N) is 1. The first-order valence-electron chi connectivity index (χ1n) is 5.24. The van der Waals surface area contributed by atoms with Crippen LogP contribution in [0.4, 0.5) is 0 Å². The van der Waals surface area contributed by atoms with E-state index in [1.807, 2.05) is 0 Å². The lowest BCUT2D eigenvalue weighted by molar-refractivity contribution is 0.0692. The topological polar surface area (TPSA) is 79.5 Å². The van der Waals surface area contributed by atoms with Gasteiger partial charge in [0.15, 0.2) is 0 Å². The van der Waals surface area contributed by atoms with Crippen molar-refractivity contribution >= 4 is 5.97 Å². The smallest absolute Gasteiger partial charge is 0.341 e. The number of pyridine rings is 1. The van der Waals surface area contributed by atoms with Crippen LogP contribution in [-0.4, -0.2) is 26.9 Å².